The molecular formula is C17H31NO3S. The summed E-state index contributed by atoms with van der Waals surface area (Å²) in [7, 11) is -2.96. The first-order chi connectivity index (χ1) is 10.4. The van der Waals surface area contributed by atoms with Crippen LogP contribution in [0.4, 0.5) is 0 Å². The third-order valence-corrected chi connectivity index (χ3v) is 7.71. The maximum absolute atomic E-state index is 12.4. The fraction of sp³-hybridized carbons (Fsp3) is 0.941. The van der Waals surface area contributed by atoms with Crippen molar-refractivity contribution in [1.29, 1.82) is 0 Å². The van der Waals surface area contributed by atoms with Crippen molar-refractivity contribution in [2.24, 2.45) is 11.8 Å². The van der Waals surface area contributed by atoms with Crippen LogP contribution < -0.4 is 0 Å². The molecule has 0 aromatic carbocycles. The smallest absolute Gasteiger partial charge is 0.222 e. The van der Waals surface area contributed by atoms with E-state index in [0.29, 0.717) is 12.3 Å². The Balaban J connectivity index is 1.75. The summed E-state index contributed by atoms with van der Waals surface area (Å²) < 4.78 is 24.0. The van der Waals surface area contributed by atoms with Gasteiger partial charge < -0.3 is 4.90 Å². The molecule has 0 aromatic rings. The van der Waals surface area contributed by atoms with Crippen LogP contribution in [0.3, 0.4) is 0 Å². The van der Waals surface area contributed by atoms with E-state index in [1.165, 1.54) is 32.1 Å². The molecule has 22 heavy (non-hydrogen) atoms. The largest absolute Gasteiger partial charge is 0.343 e. The Labute approximate surface area is 135 Å². The van der Waals surface area contributed by atoms with E-state index in [2.05, 4.69) is 0 Å². The lowest BCUT2D eigenvalue weighted by atomic mass is 9.86. The molecule has 1 saturated carbocycles. The van der Waals surface area contributed by atoms with Crippen molar-refractivity contribution in [3.05, 3.63) is 0 Å². The first kappa shape index (κ1) is 17.8. The van der Waals surface area contributed by atoms with Crippen molar-refractivity contribution in [2.75, 3.05) is 18.8 Å². The monoisotopic (exact) mass is 329 g/mol. The van der Waals surface area contributed by atoms with Crippen molar-refractivity contribution in [3.8, 4) is 0 Å². The first-order valence-corrected chi connectivity index (χ1v) is 10.6. The topological polar surface area (TPSA) is 54.5 Å². The van der Waals surface area contributed by atoms with Crippen molar-refractivity contribution in [3.63, 3.8) is 0 Å². The van der Waals surface area contributed by atoms with Crippen LogP contribution in [0.5, 0.6) is 0 Å². The predicted octanol–water partition coefficient (Wildman–Crippen LogP) is 3.02. The molecule has 1 aliphatic heterocycles. The van der Waals surface area contributed by atoms with Gasteiger partial charge in [-0.05, 0) is 51.4 Å². The summed E-state index contributed by atoms with van der Waals surface area (Å²) >= 11 is 0. The van der Waals surface area contributed by atoms with Crippen LogP contribution in [0.25, 0.3) is 0 Å². The molecule has 1 aliphatic carbocycles. The summed E-state index contributed by atoms with van der Waals surface area (Å²) in [6.07, 6.45) is 8.64. The zero-order chi connectivity index (χ0) is 16.2. The van der Waals surface area contributed by atoms with Gasteiger partial charge in [-0.25, -0.2) is 8.42 Å². The highest BCUT2D eigenvalue weighted by Crippen LogP contribution is 2.28. The molecule has 0 atom stereocenters. The second-order valence-corrected chi connectivity index (χ2v) is 10.0. The molecule has 2 aliphatic rings. The molecule has 5 heteroatoms. The van der Waals surface area contributed by atoms with Crippen molar-refractivity contribution >= 4 is 15.7 Å². The first-order valence-electron chi connectivity index (χ1n) is 8.88. The van der Waals surface area contributed by atoms with Gasteiger partial charge in [0.05, 0.1) is 11.0 Å². The van der Waals surface area contributed by atoms with E-state index < -0.39 is 9.84 Å². The van der Waals surface area contributed by atoms with E-state index in [1.54, 1.807) is 13.8 Å². The summed E-state index contributed by atoms with van der Waals surface area (Å²) in [5.41, 5.74) is 0. The van der Waals surface area contributed by atoms with Gasteiger partial charge in [-0.1, -0.05) is 19.3 Å². The van der Waals surface area contributed by atoms with Gasteiger partial charge >= 0.3 is 0 Å². The molecule has 0 spiro atoms. The Morgan fingerprint density at radius 3 is 2.14 bits per heavy atom. The second kappa shape index (κ2) is 7.80. The van der Waals surface area contributed by atoms with Gasteiger partial charge in [0, 0.05) is 19.5 Å². The van der Waals surface area contributed by atoms with Crippen molar-refractivity contribution in [2.45, 2.75) is 70.5 Å². The number of likely N-dealkylation sites (tertiary alicyclic amines) is 1. The maximum Gasteiger partial charge on any atom is 0.222 e. The zero-order valence-electron chi connectivity index (χ0n) is 14.1. The Morgan fingerprint density at radius 1 is 1.00 bits per heavy atom. The SMILES string of the molecule is CC(C)S(=O)(=O)CC1CCN(C(=O)CC2CCCCC2)CC1. The molecular weight excluding hydrogens is 298 g/mol. The Morgan fingerprint density at radius 2 is 1.59 bits per heavy atom. The van der Waals surface area contributed by atoms with Crippen molar-refractivity contribution < 1.29 is 13.2 Å². The summed E-state index contributed by atoms with van der Waals surface area (Å²) in [6.45, 7) is 4.98. The average molecular weight is 330 g/mol. The molecule has 0 bridgehead atoms. The van der Waals surface area contributed by atoms with Crippen LogP contribution in [0.1, 0.15) is 65.2 Å². The minimum atomic E-state index is -2.96. The highest BCUT2D eigenvalue weighted by molar-refractivity contribution is 7.91. The molecule has 2 fully saturated rings. The molecule has 1 amide bonds. The third-order valence-electron chi connectivity index (χ3n) is 5.34. The van der Waals surface area contributed by atoms with E-state index >= 15 is 0 Å². The van der Waals surface area contributed by atoms with E-state index in [-0.39, 0.29) is 22.8 Å². The number of sulfone groups is 1. The lowest BCUT2D eigenvalue weighted by Gasteiger charge is -2.33. The quantitative estimate of drug-likeness (QED) is 0.779. The standard InChI is InChI=1S/C17H31NO3S/c1-14(2)22(20,21)13-16-8-10-18(11-9-16)17(19)12-15-6-4-3-5-7-15/h14-16H,3-13H2,1-2H3. The highest BCUT2D eigenvalue weighted by atomic mass is 32.2. The molecule has 4 nitrogen and oxygen atoms in total. The van der Waals surface area contributed by atoms with Gasteiger partial charge in [0.2, 0.25) is 5.91 Å². The number of hydrogen-bond acceptors (Lipinski definition) is 3. The Hall–Kier alpha value is -0.580. The van der Waals surface area contributed by atoms with Gasteiger partial charge in [-0.15, -0.1) is 0 Å². The molecule has 0 aromatic heterocycles. The molecule has 1 heterocycles. The molecule has 0 unspecified atom stereocenters. The summed E-state index contributed by atoms with van der Waals surface area (Å²) in [4.78, 5) is 14.3. The molecule has 0 radical (unpaired) electrons. The molecule has 0 N–H and O–H groups in total. The van der Waals surface area contributed by atoms with E-state index in [1.807, 2.05) is 4.90 Å². The van der Waals surface area contributed by atoms with E-state index in [9.17, 15) is 13.2 Å². The van der Waals surface area contributed by atoms with Crippen LogP contribution in [0.15, 0.2) is 0 Å². The number of hydrogen-bond donors (Lipinski definition) is 0. The lowest BCUT2D eigenvalue weighted by molar-refractivity contribution is -0.133. The number of carbonyl (C=O) groups excluding carboxylic acids is 1. The number of rotatable bonds is 5. The lowest BCUT2D eigenvalue weighted by Crippen LogP contribution is -2.41. The minimum Gasteiger partial charge on any atom is -0.343 e. The number of carbonyl (C=O) groups is 1. The van der Waals surface area contributed by atoms with Crippen LogP contribution in [-0.2, 0) is 14.6 Å². The third kappa shape index (κ3) is 4.97. The summed E-state index contributed by atoms with van der Waals surface area (Å²) in [5.74, 6) is 1.39. The summed E-state index contributed by atoms with van der Waals surface area (Å²) in [5, 5.41) is -0.293. The number of nitrogens with zero attached hydrogens (tertiary/aromatic N) is 1. The van der Waals surface area contributed by atoms with Gasteiger partial charge in [0.1, 0.15) is 0 Å². The van der Waals surface area contributed by atoms with Gasteiger partial charge in [-0.3, -0.25) is 4.79 Å². The normalized spacial score (nSPS) is 22.2. The fourth-order valence-electron chi connectivity index (χ4n) is 3.64. The van der Waals surface area contributed by atoms with Gasteiger partial charge in [0.25, 0.3) is 0 Å². The summed E-state index contributed by atoms with van der Waals surface area (Å²) in [6, 6.07) is 0. The predicted molar refractivity (Wildman–Crippen MR) is 89.4 cm³/mol. The van der Waals surface area contributed by atoms with Gasteiger partial charge in [0.15, 0.2) is 9.84 Å². The van der Waals surface area contributed by atoms with Crippen LogP contribution >= 0.6 is 0 Å². The Bertz CT molecular complexity index is 458. The second-order valence-electron chi connectivity index (χ2n) is 7.41. The molecule has 128 valence electrons. The van der Waals surface area contributed by atoms with Crippen LogP contribution in [0.2, 0.25) is 0 Å². The van der Waals surface area contributed by atoms with Crippen LogP contribution in [0, 0.1) is 11.8 Å². The molecule has 2 rings (SSSR count). The average Bonchev–Trinajstić information content (AvgIpc) is 2.48. The van der Waals surface area contributed by atoms with E-state index in [4.69, 9.17) is 0 Å². The van der Waals surface area contributed by atoms with Crippen LogP contribution in [-0.4, -0.2) is 43.3 Å². The molecule has 1 saturated heterocycles. The fourth-order valence-corrected chi connectivity index (χ4v) is 5.01. The maximum atomic E-state index is 12.4. The van der Waals surface area contributed by atoms with Gasteiger partial charge in [-0.2, -0.15) is 0 Å². The number of amides is 1. The van der Waals surface area contributed by atoms with E-state index in [0.717, 1.165) is 25.9 Å². The van der Waals surface area contributed by atoms with Crippen molar-refractivity contribution in [1.82, 2.24) is 4.90 Å². The highest BCUT2D eigenvalue weighted by Gasteiger charge is 2.29. The minimum absolute atomic E-state index is 0.228. The zero-order valence-corrected chi connectivity index (χ0v) is 14.9. The Kier molecular flexibility index (Phi) is 6.30. The number of piperidine rings is 1.